The highest BCUT2D eigenvalue weighted by Gasteiger charge is 2.25. The second-order valence-electron chi connectivity index (χ2n) is 3.32. The van der Waals surface area contributed by atoms with Crippen LogP contribution in [0.25, 0.3) is 0 Å². The Morgan fingerprint density at radius 2 is 2.33 bits per heavy atom. The van der Waals surface area contributed by atoms with Crippen molar-refractivity contribution in [1.29, 1.82) is 0 Å². The fraction of sp³-hybridized carbons (Fsp3) is 0.500. The first kappa shape index (κ1) is 12.2. The lowest BCUT2D eigenvalue weighted by molar-refractivity contribution is -0.142. The van der Waals surface area contributed by atoms with Crippen LogP contribution in [-0.4, -0.2) is 43.2 Å². The first-order valence-corrected chi connectivity index (χ1v) is 4.84. The summed E-state index contributed by atoms with van der Waals surface area (Å²) in [6.45, 7) is 2.71. The van der Waals surface area contributed by atoms with E-state index in [1.165, 1.54) is 0 Å². The molecule has 0 aliphatic carbocycles. The number of morpholine rings is 1. The van der Waals surface area contributed by atoms with Crippen LogP contribution in [0.4, 0.5) is 0 Å². The number of carbonyl (C=O) groups excluding carboxylic acids is 1. The van der Waals surface area contributed by atoms with Gasteiger partial charge >= 0.3 is 0 Å². The Balaban J connectivity index is 0.00000112. The minimum atomic E-state index is -0.320. The van der Waals surface area contributed by atoms with Crippen molar-refractivity contribution in [2.24, 2.45) is 0 Å². The minimum absolute atomic E-state index is 0. The summed E-state index contributed by atoms with van der Waals surface area (Å²) in [5.41, 5.74) is 0. The molecule has 2 aliphatic rings. The molecular formula is C10H14ClN2O2-. The van der Waals surface area contributed by atoms with Gasteiger partial charge in [-0.05, 0) is 6.08 Å². The molecule has 1 unspecified atom stereocenters. The number of hydrogen-bond donors (Lipinski definition) is 1. The van der Waals surface area contributed by atoms with E-state index in [9.17, 15) is 4.79 Å². The molecule has 2 rings (SSSR count). The summed E-state index contributed by atoms with van der Waals surface area (Å²) in [4.78, 5) is 13.5. The standard InChI is InChI=1S/C10H14N2O2.ClH/c13-10(9-8-11-4-7-14-9)12-5-2-1-3-6-12;/h1-3,5,9,11H,4,6-8H2;1H/p-1. The Morgan fingerprint density at radius 1 is 1.47 bits per heavy atom. The molecule has 1 amide bonds. The molecule has 1 fully saturated rings. The lowest BCUT2D eigenvalue weighted by atomic mass is 10.2. The monoisotopic (exact) mass is 229 g/mol. The summed E-state index contributed by atoms with van der Waals surface area (Å²) in [6, 6.07) is 0. The molecule has 0 aromatic carbocycles. The van der Waals surface area contributed by atoms with Crippen molar-refractivity contribution in [3.63, 3.8) is 0 Å². The van der Waals surface area contributed by atoms with E-state index in [1.807, 2.05) is 18.2 Å². The van der Waals surface area contributed by atoms with Crippen LogP contribution >= 0.6 is 0 Å². The fourth-order valence-electron chi connectivity index (χ4n) is 1.54. The van der Waals surface area contributed by atoms with Crippen LogP contribution in [-0.2, 0) is 9.53 Å². The number of carbonyl (C=O) groups is 1. The van der Waals surface area contributed by atoms with Gasteiger partial charge in [-0.3, -0.25) is 4.79 Å². The van der Waals surface area contributed by atoms with Crippen molar-refractivity contribution in [2.75, 3.05) is 26.2 Å². The van der Waals surface area contributed by atoms with Crippen molar-refractivity contribution in [3.05, 3.63) is 24.4 Å². The van der Waals surface area contributed by atoms with Crippen LogP contribution in [0.15, 0.2) is 24.4 Å². The number of amides is 1. The first-order valence-electron chi connectivity index (χ1n) is 4.84. The molecule has 15 heavy (non-hydrogen) atoms. The van der Waals surface area contributed by atoms with E-state index >= 15 is 0 Å². The van der Waals surface area contributed by atoms with Crippen molar-refractivity contribution in [1.82, 2.24) is 10.2 Å². The largest absolute Gasteiger partial charge is 1.00 e. The van der Waals surface area contributed by atoms with Crippen molar-refractivity contribution >= 4 is 5.91 Å². The van der Waals surface area contributed by atoms with Gasteiger partial charge in [-0.25, -0.2) is 0 Å². The van der Waals surface area contributed by atoms with Crippen molar-refractivity contribution in [3.8, 4) is 0 Å². The summed E-state index contributed by atoms with van der Waals surface area (Å²) in [5, 5.41) is 3.14. The maximum absolute atomic E-state index is 11.8. The summed E-state index contributed by atoms with van der Waals surface area (Å²) < 4.78 is 5.38. The van der Waals surface area contributed by atoms with Gasteiger partial charge in [0, 0.05) is 25.8 Å². The Bertz CT molecular complexity index is 273. The molecule has 2 aliphatic heterocycles. The van der Waals surface area contributed by atoms with Crippen molar-refractivity contribution in [2.45, 2.75) is 6.10 Å². The topological polar surface area (TPSA) is 41.6 Å². The third-order valence-corrected chi connectivity index (χ3v) is 2.30. The van der Waals surface area contributed by atoms with E-state index in [-0.39, 0.29) is 24.4 Å². The predicted molar refractivity (Wildman–Crippen MR) is 52.6 cm³/mol. The molecule has 84 valence electrons. The molecule has 1 saturated heterocycles. The van der Waals surface area contributed by atoms with Crippen LogP contribution < -0.4 is 17.7 Å². The summed E-state index contributed by atoms with van der Waals surface area (Å²) >= 11 is 0. The summed E-state index contributed by atoms with van der Waals surface area (Å²) in [7, 11) is 0. The van der Waals surface area contributed by atoms with Gasteiger partial charge in [0.1, 0.15) is 6.10 Å². The Kier molecular flexibility index (Phi) is 4.81. The minimum Gasteiger partial charge on any atom is -1.00 e. The molecule has 0 aromatic rings. The molecule has 1 atom stereocenters. The number of ether oxygens (including phenoxy) is 1. The highest BCUT2D eigenvalue weighted by molar-refractivity contribution is 5.82. The van der Waals surface area contributed by atoms with E-state index in [0.29, 0.717) is 19.7 Å². The fourth-order valence-corrected chi connectivity index (χ4v) is 1.54. The molecule has 0 spiro atoms. The van der Waals surface area contributed by atoms with E-state index in [2.05, 4.69) is 5.32 Å². The molecule has 0 radical (unpaired) electrons. The smallest absolute Gasteiger partial charge is 0.257 e. The number of nitrogens with one attached hydrogen (secondary N) is 1. The SMILES string of the molecule is O=C(C1CNCCO1)N1C=CC=CC1.[Cl-]. The van der Waals surface area contributed by atoms with Gasteiger partial charge in [-0.1, -0.05) is 12.2 Å². The van der Waals surface area contributed by atoms with E-state index in [4.69, 9.17) is 4.74 Å². The zero-order valence-electron chi connectivity index (χ0n) is 8.36. The molecule has 0 saturated carbocycles. The average Bonchev–Trinajstić information content (AvgIpc) is 2.30. The molecule has 5 heteroatoms. The second kappa shape index (κ2) is 5.90. The second-order valence-corrected chi connectivity index (χ2v) is 3.32. The number of allylic oxidation sites excluding steroid dienone is 2. The van der Waals surface area contributed by atoms with Gasteiger partial charge in [0.15, 0.2) is 0 Å². The van der Waals surface area contributed by atoms with Gasteiger partial charge in [0.05, 0.1) is 6.61 Å². The van der Waals surface area contributed by atoms with Gasteiger partial charge in [-0.2, -0.15) is 0 Å². The van der Waals surface area contributed by atoms with E-state index < -0.39 is 0 Å². The highest BCUT2D eigenvalue weighted by atomic mass is 35.5. The lowest BCUT2D eigenvalue weighted by Gasteiger charge is -2.27. The quantitative estimate of drug-likeness (QED) is 0.518. The highest BCUT2D eigenvalue weighted by Crippen LogP contribution is 2.06. The van der Waals surface area contributed by atoms with Crippen LogP contribution in [0.1, 0.15) is 0 Å². The number of halogens is 1. The molecule has 0 aromatic heterocycles. The van der Waals surface area contributed by atoms with E-state index in [0.717, 1.165) is 6.54 Å². The van der Waals surface area contributed by atoms with Gasteiger partial charge in [0.2, 0.25) is 0 Å². The maximum Gasteiger partial charge on any atom is 0.257 e. The average molecular weight is 230 g/mol. The van der Waals surface area contributed by atoms with Gasteiger partial charge in [0.25, 0.3) is 5.91 Å². The molecule has 2 heterocycles. The summed E-state index contributed by atoms with van der Waals surface area (Å²) in [6.07, 6.45) is 7.22. The van der Waals surface area contributed by atoms with Crippen LogP contribution in [0.5, 0.6) is 0 Å². The Hall–Kier alpha value is -0.840. The lowest BCUT2D eigenvalue weighted by Crippen LogP contribution is -3.00. The number of hydrogen-bond acceptors (Lipinski definition) is 3. The van der Waals surface area contributed by atoms with Crippen LogP contribution in [0.3, 0.4) is 0 Å². The maximum atomic E-state index is 11.8. The first-order chi connectivity index (χ1) is 6.88. The number of nitrogens with zero attached hydrogens (tertiary/aromatic N) is 1. The van der Waals surface area contributed by atoms with E-state index in [1.54, 1.807) is 11.1 Å². The molecular weight excluding hydrogens is 216 g/mol. The van der Waals surface area contributed by atoms with Crippen LogP contribution in [0.2, 0.25) is 0 Å². The van der Waals surface area contributed by atoms with Crippen LogP contribution in [0, 0.1) is 0 Å². The molecule has 0 bridgehead atoms. The molecule has 4 nitrogen and oxygen atoms in total. The third-order valence-electron chi connectivity index (χ3n) is 2.30. The van der Waals surface area contributed by atoms with Gasteiger partial charge < -0.3 is 27.4 Å². The molecule has 1 N–H and O–H groups in total. The Morgan fingerprint density at radius 3 is 2.93 bits per heavy atom. The third kappa shape index (κ3) is 3.06. The zero-order valence-corrected chi connectivity index (χ0v) is 9.11. The zero-order chi connectivity index (χ0) is 9.80. The summed E-state index contributed by atoms with van der Waals surface area (Å²) in [5.74, 6) is 0.0396. The normalized spacial score (nSPS) is 24.8. The van der Waals surface area contributed by atoms with Gasteiger partial charge in [-0.15, -0.1) is 0 Å². The van der Waals surface area contributed by atoms with Crippen molar-refractivity contribution < 1.29 is 21.9 Å². The number of rotatable bonds is 1. The predicted octanol–water partition coefficient (Wildman–Crippen LogP) is -3.11. The Labute approximate surface area is 95.4 Å².